The summed E-state index contributed by atoms with van der Waals surface area (Å²) in [6.07, 6.45) is 3.85. The van der Waals surface area contributed by atoms with Gasteiger partial charge in [-0.15, -0.1) is 24.0 Å². The van der Waals surface area contributed by atoms with Crippen molar-refractivity contribution in [1.29, 1.82) is 0 Å². The van der Waals surface area contributed by atoms with E-state index in [0.29, 0.717) is 31.5 Å². The normalized spacial score (nSPS) is 17.3. The van der Waals surface area contributed by atoms with Crippen LogP contribution in [-0.2, 0) is 16.4 Å². The number of piperidine rings is 1. The number of hydrogen-bond donors (Lipinski definition) is 2. The van der Waals surface area contributed by atoms with Crippen molar-refractivity contribution in [3.05, 3.63) is 35.9 Å². The predicted octanol–water partition coefficient (Wildman–Crippen LogP) is 1.42. The minimum absolute atomic E-state index is 0. The molecule has 1 aliphatic rings. The molecule has 1 saturated heterocycles. The number of nitrogens with one attached hydrogen (secondary N) is 1. The van der Waals surface area contributed by atoms with Gasteiger partial charge in [-0.25, -0.2) is 12.7 Å². The summed E-state index contributed by atoms with van der Waals surface area (Å²) in [6, 6.07) is 10.2. The third kappa shape index (κ3) is 7.35. The molecular formula is C16H27IN4O2S. The van der Waals surface area contributed by atoms with Crippen LogP contribution >= 0.6 is 24.0 Å². The third-order valence-corrected chi connectivity index (χ3v) is 5.43. The highest BCUT2D eigenvalue weighted by molar-refractivity contribution is 14.0. The minimum Gasteiger partial charge on any atom is -0.370 e. The summed E-state index contributed by atoms with van der Waals surface area (Å²) in [4.78, 5) is 4.38. The fraction of sp³-hybridized carbons (Fsp3) is 0.562. The smallest absolute Gasteiger partial charge is 0.211 e. The lowest BCUT2D eigenvalue weighted by Crippen LogP contribution is -2.39. The number of nitrogens with zero attached hydrogens (tertiary/aromatic N) is 2. The van der Waals surface area contributed by atoms with Crippen LogP contribution in [0.25, 0.3) is 0 Å². The minimum atomic E-state index is -3.06. The predicted molar refractivity (Wildman–Crippen MR) is 109 cm³/mol. The summed E-state index contributed by atoms with van der Waals surface area (Å²) >= 11 is 0. The molecule has 0 radical (unpaired) electrons. The first-order chi connectivity index (χ1) is 10.9. The molecule has 1 heterocycles. The van der Waals surface area contributed by atoms with Crippen LogP contribution in [0.5, 0.6) is 0 Å². The van der Waals surface area contributed by atoms with Gasteiger partial charge in [-0.1, -0.05) is 30.3 Å². The largest absolute Gasteiger partial charge is 0.370 e. The molecule has 0 bridgehead atoms. The highest BCUT2D eigenvalue weighted by Crippen LogP contribution is 2.19. The second-order valence-electron chi connectivity index (χ2n) is 5.99. The first-order valence-electron chi connectivity index (χ1n) is 7.98. The van der Waals surface area contributed by atoms with E-state index in [4.69, 9.17) is 5.73 Å². The third-order valence-electron chi connectivity index (χ3n) is 4.12. The molecule has 1 fully saturated rings. The standard InChI is InChI=1S/C16H26N4O2S.HI/c1-23(21,22)20-11-8-15(9-12-20)13-19-16(17)18-10-7-14-5-3-2-4-6-14;/h2-6,15H,7-13H2,1H3,(H3,17,18,19);1H. The van der Waals surface area contributed by atoms with Gasteiger partial charge < -0.3 is 11.1 Å². The molecule has 0 spiro atoms. The molecule has 136 valence electrons. The number of guanidine groups is 1. The van der Waals surface area contributed by atoms with Gasteiger partial charge in [0, 0.05) is 26.2 Å². The monoisotopic (exact) mass is 466 g/mol. The summed E-state index contributed by atoms with van der Waals surface area (Å²) < 4.78 is 24.5. The fourth-order valence-corrected chi connectivity index (χ4v) is 3.56. The Morgan fingerprint density at radius 3 is 2.50 bits per heavy atom. The fourth-order valence-electron chi connectivity index (χ4n) is 2.69. The summed E-state index contributed by atoms with van der Waals surface area (Å²) in [7, 11) is -3.06. The van der Waals surface area contributed by atoms with Crippen molar-refractivity contribution in [2.45, 2.75) is 19.3 Å². The number of halogens is 1. The van der Waals surface area contributed by atoms with Crippen molar-refractivity contribution in [2.75, 3.05) is 32.4 Å². The van der Waals surface area contributed by atoms with E-state index in [2.05, 4.69) is 22.4 Å². The Kier molecular flexibility index (Phi) is 8.99. The average molecular weight is 466 g/mol. The van der Waals surface area contributed by atoms with Gasteiger partial charge in [0.25, 0.3) is 0 Å². The maximum absolute atomic E-state index is 11.5. The molecular weight excluding hydrogens is 439 g/mol. The molecule has 8 heteroatoms. The Bertz CT molecular complexity index is 614. The number of aliphatic imine (C=N–C) groups is 1. The van der Waals surface area contributed by atoms with E-state index in [9.17, 15) is 8.42 Å². The molecule has 1 aromatic carbocycles. The van der Waals surface area contributed by atoms with Gasteiger partial charge in [0.15, 0.2) is 5.96 Å². The van der Waals surface area contributed by atoms with E-state index in [-0.39, 0.29) is 24.0 Å². The molecule has 2 rings (SSSR count). The number of rotatable bonds is 6. The second-order valence-corrected chi connectivity index (χ2v) is 7.98. The van der Waals surface area contributed by atoms with Crippen LogP contribution in [0.15, 0.2) is 35.3 Å². The summed E-state index contributed by atoms with van der Waals surface area (Å²) in [5.74, 6) is 0.869. The van der Waals surface area contributed by atoms with Crippen molar-refractivity contribution in [1.82, 2.24) is 9.62 Å². The zero-order valence-corrected chi connectivity index (χ0v) is 17.2. The molecule has 0 amide bonds. The number of hydrogen-bond acceptors (Lipinski definition) is 3. The van der Waals surface area contributed by atoms with Crippen LogP contribution in [0.2, 0.25) is 0 Å². The molecule has 0 aliphatic carbocycles. The lowest BCUT2D eigenvalue weighted by Gasteiger charge is -2.29. The molecule has 0 aromatic heterocycles. The van der Waals surface area contributed by atoms with Crippen molar-refractivity contribution >= 4 is 40.0 Å². The maximum Gasteiger partial charge on any atom is 0.211 e. The quantitative estimate of drug-likeness (QED) is 0.377. The van der Waals surface area contributed by atoms with Gasteiger partial charge in [-0.2, -0.15) is 0 Å². The van der Waals surface area contributed by atoms with Gasteiger partial charge >= 0.3 is 0 Å². The van der Waals surface area contributed by atoms with Crippen LogP contribution < -0.4 is 11.1 Å². The Balaban J connectivity index is 0.00000288. The SMILES string of the molecule is CS(=O)(=O)N1CCC(CN=C(N)NCCc2ccccc2)CC1.I. The Morgan fingerprint density at radius 1 is 1.29 bits per heavy atom. The molecule has 0 unspecified atom stereocenters. The highest BCUT2D eigenvalue weighted by Gasteiger charge is 2.24. The number of benzene rings is 1. The molecule has 1 aromatic rings. The van der Waals surface area contributed by atoms with E-state index in [1.165, 1.54) is 16.1 Å². The van der Waals surface area contributed by atoms with Crippen molar-refractivity contribution in [3.63, 3.8) is 0 Å². The van der Waals surface area contributed by atoms with Crippen LogP contribution in [0.3, 0.4) is 0 Å². The van der Waals surface area contributed by atoms with Crippen LogP contribution in [0.1, 0.15) is 18.4 Å². The van der Waals surface area contributed by atoms with Gasteiger partial charge in [0.2, 0.25) is 10.0 Å². The lowest BCUT2D eigenvalue weighted by atomic mass is 9.98. The second kappa shape index (κ2) is 10.2. The van der Waals surface area contributed by atoms with Crippen LogP contribution in [0, 0.1) is 5.92 Å². The van der Waals surface area contributed by atoms with E-state index in [0.717, 1.165) is 25.8 Å². The zero-order chi connectivity index (χ0) is 16.7. The van der Waals surface area contributed by atoms with E-state index in [1.54, 1.807) is 0 Å². The number of nitrogens with two attached hydrogens (primary N) is 1. The first-order valence-corrected chi connectivity index (χ1v) is 9.83. The summed E-state index contributed by atoms with van der Waals surface area (Å²) in [5.41, 5.74) is 7.15. The molecule has 3 N–H and O–H groups in total. The van der Waals surface area contributed by atoms with Gasteiger partial charge in [0.1, 0.15) is 0 Å². The highest BCUT2D eigenvalue weighted by atomic mass is 127. The van der Waals surface area contributed by atoms with E-state index >= 15 is 0 Å². The molecule has 0 saturated carbocycles. The van der Waals surface area contributed by atoms with Gasteiger partial charge in [-0.05, 0) is 30.7 Å². The molecule has 0 atom stereocenters. The van der Waals surface area contributed by atoms with Crippen molar-refractivity contribution < 1.29 is 8.42 Å². The Morgan fingerprint density at radius 2 is 1.92 bits per heavy atom. The number of sulfonamides is 1. The molecule has 6 nitrogen and oxygen atoms in total. The zero-order valence-electron chi connectivity index (χ0n) is 14.0. The Labute approximate surface area is 162 Å². The summed E-state index contributed by atoms with van der Waals surface area (Å²) in [5, 5.41) is 3.13. The van der Waals surface area contributed by atoms with Crippen molar-refractivity contribution in [3.8, 4) is 0 Å². The first kappa shape index (κ1) is 21.2. The van der Waals surface area contributed by atoms with Crippen molar-refractivity contribution in [2.24, 2.45) is 16.6 Å². The lowest BCUT2D eigenvalue weighted by molar-refractivity contribution is 0.280. The van der Waals surface area contributed by atoms with Crippen LogP contribution in [0.4, 0.5) is 0 Å². The van der Waals surface area contributed by atoms with Crippen LogP contribution in [-0.4, -0.2) is 51.1 Å². The molecule has 1 aliphatic heterocycles. The summed E-state index contributed by atoms with van der Waals surface area (Å²) in [6.45, 7) is 2.58. The molecule has 24 heavy (non-hydrogen) atoms. The van der Waals surface area contributed by atoms with Gasteiger partial charge in [-0.3, -0.25) is 4.99 Å². The Hall–Kier alpha value is -0.870. The van der Waals surface area contributed by atoms with E-state index < -0.39 is 10.0 Å². The van der Waals surface area contributed by atoms with E-state index in [1.807, 2.05) is 18.2 Å². The topological polar surface area (TPSA) is 87.8 Å². The average Bonchev–Trinajstić information content (AvgIpc) is 2.53. The maximum atomic E-state index is 11.5. The van der Waals surface area contributed by atoms with Gasteiger partial charge in [0.05, 0.1) is 6.26 Å².